The first-order valence-electron chi connectivity index (χ1n) is 6.54. The highest BCUT2D eigenvalue weighted by Gasteiger charge is 2.07. The van der Waals surface area contributed by atoms with Crippen LogP contribution in [0.15, 0.2) is 30.5 Å². The van der Waals surface area contributed by atoms with Gasteiger partial charge in [-0.1, -0.05) is 24.3 Å². The minimum Gasteiger partial charge on any atom is -0.494 e. The van der Waals surface area contributed by atoms with E-state index in [4.69, 9.17) is 9.84 Å². The summed E-state index contributed by atoms with van der Waals surface area (Å²) in [5.41, 5.74) is 1.24. The van der Waals surface area contributed by atoms with Crippen molar-refractivity contribution in [2.45, 2.75) is 26.3 Å². The Morgan fingerprint density at radius 1 is 1.35 bits per heavy atom. The van der Waals surface area contributed by atoms with Crippen molar-refractivity contribution in [2.24, 2.45) is 0 Å². The Balaban J connectivity index is 1.73. The highest BCUT2D eigenvalue weighted by Crippen LogP contribution is 2.12. The van der Waals surface area contributed by atoms with Gasteiger partial charge in [0.05, 0.1) is 12.8 Å². The van der Waals surface area contributed by atoms with E-state index in [2.05, 4.69) is 17.2 Å². The van der Waals surface area contributed by atoms with Crippen molar-refractivity contribution in [1.82, 2.24) is 15.0 Å². The van der Waals surface area contributed by atoms with Crippen molar-refractivity contribution in [3.8, 4) is 5.75 Å². The number of aromatic nitrogens is 3. The van der Waals surface area contributed by atoms with E-state index < -0.39 is 5.97 Å². The topological polar surface area (TPSA) is 77.2 Å². The first-order chi connectivity index (χ1) is 9.69. The largest absolute Gasteiger partial charge is 0.494 e. The number of hydrogen-bond donors (Lipinski definition) is 1. The molecule has 0 unspecified atom stereocenters. The number of ether oxygens (including phenoxy) is 1. The van der Waals surface area contributed by atoms with Crippen molar-refractivity contribution in [3.63, 3.8) is 0 Å². The fourth-order valence-electron chi connectivity index (χ4n) is 1.74. The van der Waals surface area contributed by atoms with Crippen molar-refractivity contribution < 1.29 is 14.6 Å². The lowest BCUT2D eigenvalue weighted by atomic mass is 10.2. The van der Waals surface area contributed by atoms with Crippen LogP contribution in [0.3, 0.4) is 0 Å². The molecule has 1 heterocycles. The predicted octanol–water partition coefficient (Wildman–Crippen LogP) is 2.01. The van der Waals surface area contributed by atoms with Crippen molar-refractivity contribution in [3.05, 3.63) is 41.7 Å². The van der Waals surface area contributed by atoms with Crippen LogP contribution < -0.4 is 4.74 Å². The molecule has 0 amide bonds. The van der Waals surface area contributed by atoms with E-state index >= 15 is 0 Å². The molecule has 2 rings (SSSR count). The molecule has 2 aromatic rings. The van der Waals surface area contributed by atoms with Crippen LogP contribution >= 0.6 is 0 Å². The first-order valence-corrected chi connectivity index (χ1v) is 6.54. The predicted molar refractivity (Wildman–Crippen MR) is 72.9 cm³/mol. The van der Waals surface area contributed by atoms with Gasteiger partial charge in [0, 0.05) is 13.0 Å². The third kappa shape index (κ3) is 3.81. The molecule has 0 radical (unpaired) electrons. The second kappa shape index (κ2) is 6.70. The lowest BCUT2D eigenvalue weighted by Crippen LogP contribution is -2.05. The van der Waals surface area contributed by atoms with Crippen molar-refractivity contribution in [2.75, 3.05) is 6.61 Å². The van der Waals surface area contributed by atoms with Gasteiger partial charge in [0.15, 0.2) is 5.69 Å². The van der Waals surface area contributed by atoms with Gasteiger partial charge in [0.25, 0.3) is 0 Å². The molecule has 0 saturated carbocycles. The zero-order valence-corrected chi connectivity index (χ0v) is 11.3. The van der Waals surface area contributed by atoms with E-state index in [-0.39, 0.29) is 5.69 Å². The molecule has 0 saturated heterocycles. The summed E-state index contributed by atoms with van der Waals surface area (Å²) in [6, 6.07) is 8.01. The van der Waals surface area contributed by atoms with Crippen LogP contribution in [0.4, 0.5) is 0 Å². The van der Waals surface area contributed by atoms with Gasteiger partial charge in [0.2, 0.25) is 0 Å². The molecule has 0 atom stereocenters. The summed E-state index contributed by atoms with van der Waals surface area (Å²) in [7, 11) is 0. The molecule has 0 aliphatic carbocycles. The van der Waals surface area contributed by atoms with Gasteiger partial charge in [-0.05, 0) is 24.1 Å². The molecule has 106 valence electrons. The number of benzene rings is 1. The number of hydrogen-bond acceptors (Lipinski definition) is 4. The highest BCUT2D eigenvalue weighted by atomic mass is 16.5. The number of carbonyl (C=O) groups is 1. The zero-order valence-electron chi connectivity index (χ0n) is 11.3. The normalized spacial score (nSPS) is 10.4. The van der Waals surface area contributed by atoms with E-state index in [1.54, 1.807) is 0 Å². The average Bonchev–Trinajstić information content (AvgIpc) is 2.93. The molecule has 0 bridgehead atoms. The van der Waals surface area contributed by atoms with E-state index in [1.807, 2.05) is 24.3 Å². The maximum absolute atomic E-state index is 10.6. The molecule has 0 aliphatic heterocycles. The highest BCUT2D eigenvalue weighted by molar-refractivity contribution is 5.84. The number of aromatic carboxylic acids is 1. The van der Waals surface area contributed by atoms with Gasteiger partial charge >= 0.3 is 5.97 Å². The Bertz CT molecular complexity index is 563. The van der Waals surface area contributed by atoms with Crippen LogP contribution in [-0.4, -0.2) is 32.7 Å². The summed E-state index contributed by atoms with van der Waals surface area (Å²) in [5, 5.41) is 16.0. The molecule has 0 aliphatic rings. The van der Waals surface area contributed by atoms with Crippen LogP contribution in [0, 0.1) is 0 Å². The number of aryl methyl sites for hydroxylation is 2. The minimum absolute atomic E-state index is 0.0407. The number of carboxylic acid groups (broad SMARTS) is 1. The quantitative estimate of drug-likeness (QED) is 0.782. The maximum Gasteiger partial charge on any atom is 0.358 e. The summed E-state index contributed by atoms with van der Waals surface area (Å²) in [4.78, 5) is 10.6. The monoisotopic (exact) mass is 275 g/mol. The summed E-state index contributed by atoms with van der Waals surface area (Å²) in [6.45, 7) is 3.24. The Kier molecular flexibility index (Phi) is 4.70. The van der Waals surface area contributed by atoms with E-state index in [0.717, 1.165) is 18.6 Å². The molecule has 1 aromatic carbocycles. The van der Waals surface area contributed by atoms with Gasteiger partial charge in [-0.2, -0.15) is 0 Å². The standard InChI is InChI=1S/C14H17N3O3/c1-2-11-4-6-12(7-5-11)20-9-3-8-17-10-13(14(18)19)15-16-17/h4-7,10H,2-3,8-9H2,1H3,(H,18,19). The summed E-state index contributed by atoms with van der Waals surface area (Å²) < 4.78 is 7.11. The molecule has 20 heavy (non-hydrogen) atoms. The third-order valence-corrected chi connectivity index (χ3v) is 2.89. The average molecular weight is 275 g/mol. The fraction of sp³-hybridized carbons (Fsp3) is 0.357. The van der Waals surface area contributed by atoms with Gasteiger partial charge in [-0.3, -0.25) is 4.68 Å². The lowest BCUT2D eigenvalue weighted by Gasteiger charge is -2.06. The number of nitrogens with zero attached hydrogens (tertiary/aromatic N) is 3. The Labute approximate surface area is 117 Å². The molecule has 6 heteroatoms. The maximum atomic E-state index is 10.6. The van der Waals surface area contributed by atoms with E-state index in [0.29, 0.717) is 13.2 Å². The van der Waals surface area contributed by atoms with Gasteiger partial charge in [-0.25, -0.2) is 4.79 Å². The molecule has 1 aromatic heterocycles. The van der Waals surface area contributed by atoms with Crippen LogP contribution in [0.2, 0.25) is 0 Å². The lowest BCUT2D eigenvalue weighted by molar-refractivity contribution is 0.0690. The summed E-state index contributed by atoms with van der Waals surface area (Å²) in [5.74, 6) is -0.226. The van der Waals surface area contributed by atoms with Crippen molar-refractivity contribution in [1.29, 1.82) is 0 Å². The molecule has 0 fully saturated rings. The SMILES string of the molecule is CCc1ccc(OCCCn2cc(C(=O)O)nn2)cc1. The van der Waals surface area contributed by atoms with Crippen molar-refractivity contribution >= 4 is 5.97 Å². The van der Waals surface area contributed by atoms with Gasteiger partial charge < -0.3 is 9.84 Å². The van der Waals surface area contributed by atoms with Gasteiger partial charge in [-0.15, -0.1) is 5.10 Å². The van der Waals surface area contributed by atoms with Crippen LogP contribution in [0.1, 0.15) is 29.4 Å². The number of rotatable bonds is 7. The van der Waals surface area contributed by atoms with Crippen LogP contribution in [0.5, 0.6) is 5.75 Å². The molecule has 6 nitrogen and oxygen atoms in total. The number of carboxylic acids is 1. The molecular formula is C14H17N3O3. The smallest absolute Gasteiger partial charge is 0.358 e. The molecule has 1 N–H and O–H groups in total. The first kappa shape index (κ1) is 14.0. The van der Waals surface area contributed by atoms with Gasteiger partial charge in [0.1, 0.15) is 5.75 Å². The Hall–Kier alpha value is -2.37. The second-order valence-electron chi connectivity index (χ2n) is 4.37. The minimum atomic E-state index is -1.07. The van der Waals surface area contributed by atoms with Crippen LogP contribution in [-0.2, 0) is 13.0 Å². The molecule has 0 spiro atoms. The third-order valence-electron chi connectivity index (χ3n) is 2.89. The second-order valence-corrected chi connectivity index (χ2v) is 4.37. The summed E-state index contributed by atoms with van der Waals surface area (Å²) in [6.07, 6.45) is 3.16. The van der Waals surface area contributed by atoms with E-state index in [9.17, 15) is 4.79 Å². The zero-order chi connectivity index (χ0) is 14.4. The molecular weight excluding hydrogens is 258 g/mol. The Morgan fingerprint density at radius 3 is 2.70 bits per heavy atom. The Morgan fingerprint density at radius 2 is 2.10 bits per heavy atom. The van der Waals surface area contributed by atoms with E-state index in [1.165, 1.54) is 16.4 Å². The fourth-order valence-corrected chi connectivity index (χ4v) is 1.74. The van der Waals surface area contributed by atoms with Crippen LogP contribution in [0.25, 0.3) is 0 Å². The summed E-state index contributed by atoms with van der Waals surface area (Å²) >= 11 is 0.